The van der Waals surface area contributed by atoms with Gasteiger partial charge in [-0.15, -0.1) is 0 Å². The van der Waals surface area contributed by atoms with Crippen LogP contribution in [-0.2, 0) is 9.53 Å². The van der Waals surface area contributed by atoms with Crippen LogP contribution < -0.4 is 0 Å². The van der Waals surface area contributed by atoms with Crippen molar-refractivity contribution in [3.8, 4) is 0 Å². The predicted molar refractivity (Wildman–Crippen MR) is 54.4 cm³/mol. The number of carbonyl (C=O) groups excluding carboxylic acids is 1. The van der Waals surface area contributed by atoms with Gasteiger partial charge in [0, 0.05) is 13.3 Å². The Hall–Kier alpha value is -1.05. The van der Waals surface area contributed by atoms with E-state index in [1.165, 1.54) is 6.92 Å². The van der Waals surface area contributed by atoms with Gasteiger partial charge in [-0.2, -0.15) is 0 Å². The third-order valence-electron chi connectivity index (χ3n) is 1.61. The average Bonchev–Trinajstić information content (AvgIpc) is 2.04. The van der Waals surface area contributed by atoms with Gasteiger partial charge < -0.3 is 4.74 Å². The summed E-state index contributed by atoms with van der Waals surface area (Å²) in [6.07, 6.45) is 8.30. The van der Waals surface area contributed by atoms with Gasteiger partial charge in [-0.1, -0.05) is 38.2 Å². The van der Waals surface area contributed by atoms with Gasteiger partial charge in [-0.3, -0.25) is 4.79 Å². The van der Waals surface area contributed by atoms with Crippen molar-refractivity contribution in [3.63, 3.8) is 0 Å². The van der Waals surface area contributed by atoms with Crippen molar-refractivity contribution in [1.29, 1.82) is 0 Å². The Morgan fingerprint density at radius 2 is 2.31 bits per heavy atom. The van der Waals surface area contributed by atoms with Crippen LogP contribution in [0.1, 0.15) is 33.1 Å². The molecule has 0 radical (unpaired) electrons. The smallest absolute Gasteiger partial charge is 0.302 e. The van der Waals surface area contributed by atoms with Gasteiger partial charge in [-0.05, 0) is 6.42 Å². The van der Waals surface area contributed by atoms with Crippen LogP contribution in [0.3, 0.4) is 0 Å². The maximum absolute atomic E-state index is 10.7. The summed E-state index contributed by atoms with van der Waals surface area (Å²) in [6.45, 7) is 7.09. The Morgan fingerprint density at radius 1 is 1.62 bits per heavy atom. The van der Waals surface area contributed by atoms with E-state index in [-0.39, 0.29) is 12.1 Å². The lowest BCUT2D eigenvalue weighted by Crippen LogP contribution is -2.14. The second kappa shape index (κ2) is 7.59. The normalized spacial score (nSPS) is 12.8. The molecule has 13 heavy (non-hydrogen) atoms. The van der Waals surface area contributed by atoms with Gasteiger partial charge in [0.25, 0.3) is 0 Å². The van der Waals surface area contributed by atoms with Crippen LogP contribution >= 0.6 is 0 Å². The molecule has 0 bridgehead atoms. The molecule has 2 nitrogen and oxygen atoms in total. The van der Waals surface area contributed by atoms with Crippen LogP contribution in [0, 0.1) is 0 Å². The molecule has 0 saturated heterocycles. The molecule has 0 amide bonds. The molecule has 0 fully saturated rings. The van der Waals surface area contributed by atoms with Crippen molar-refractivity contribution in [2.75, 3.05) is 0 Å². The lowest BCUT2D eigenvalue weighted by atomic mass is 10.1. The zero-order chi connectivity index (χ0) is 10.1. The number of hydrogen-bond acceptors (Lipinski definition) is 2. The standard InChI is InChI=1S/C11H18O2/c1-4-6-7-9-11(8-5-2)13-10(3)12/h4,6-7,11H,1,5,8-9H2,2-3H3/b7-6+. The molecule has 0 N–H and O–H groups in total. The van der Waals surface area contributed by atoms with E-state index in [2.05, 4.69) is 13.5 Å². The van der Waals surface area contributed by atoms with Crippen molar-refractivity contribution in [1.82, 2.24) is 0 Å². The summed E-state index contributed by atoms with van der Waals surface area (Å²) in [4.78, 5) is 10.7. The van der Waals surface area contributed by atoms with Crippen LogP contribution in [0.25, 0.3) is 0 Å². The Bertz CT molecular complexity index is 183. The first kappa shape index (κ1) is 11.9. The number of rotatable bonds is 6. The van der Waals surface area contributed by atoms with Gasteiger partial charge in [0.05, 0.1) is 0 Å². The fraction of sp³-hybridized carbons (Fsp3) is 0.545. The summed E-state index contributed by atoms with van der Waals surface area (Å²) in [5, 5.41) is 0. The van der Waals surface area contributed by atoms with Crippen LogP contribution in [0.4, 0.5) is 0 Å². The maximum atomic E-state index is 10.7. The fourth-order valence-corrected chi connectivity index (χ4v) is 1.11. The monoisotopic (exact) mass is 182 g/mol. The first-order valence-corrected chi connectivity index (χ1v) is 4.65. The SMILES string of the molecule is C=C/C=C/CC(CCC)OC(C)=O. The second-order valence-corrected chi connectivity index (χ2v) is 2.92. The van der Waals surface area contributed by atoms with E-state index < -0.39 is 0 Å². The molecule has 0 aromatic carbocycles. The number of esters is 1. The van der Waals surface area contributed by atoms with Crippen molar-refractivity contribution < 1.29 is 9.53 Å². The molecule has 0 aliphatic rings. The summed E-state index contributed by atoms with van der Waals surface area (Å²) in [7, 11) is 0. The Kier molecular flexibility index (Phi) is 6.98. The Morgan fingerprint density at radius 3 is 2.77 bits per heavy atom. The fourth-order valence-electron chi connectivity index (χ4n) is 1.11. The summed E-state index contributed by atoms with van der Waals surface area (Å²) in [5.74, 6) is -0.203. The third-order valence-corrected chi connectivity index (χ3v) is 1.61. The highest BCUT2D eigenvalue weighted by molar-refractivity contribution is 5.66. The maximum Gasteiger partial charge on any atom is 0.302 e. The number of hydrogen-bond donors (Lipinski definition) is 0. The first-order chi connectivity index (χ1) is 6.20. The minimum atomic E-state index is -0.203. The molecule has 0 heterocycles. The van der Waals surface area contributed by atoms with Crippen molar-refractivity contribution in [3.05, 3.63) is 24.8 Å². The van der Waals surface area contributed by atoms with E-state index in [4.69, 9.17) is 4.74 Å². The van der Waals surface area contributed by atoms with Gasteiger partial charge in [0.15, 0.2) is 0 Å². The first-order valence-electron chi connectivity index (χ1n) is 4.65. The highest BCUT2D eigenvalue weighted by atomic mass is 16.5. The van der Waals surface area contributed by atoms with Gasteiger partial charge in [0.2, 0.25) is 0 Å². The molecule has 0 rings (SSSR count). The van der Waals surface area contributed by atoms with Gasteiger partial charge in [0.1, 0.15) is 6.10 Å². The predicted octanol–water partition coefficient (Wildman–Crippen LogP) is 2.85. The molecule has 1 atom stereocenters. The molecule has 0 spiro atoms. The van der Waals surface area contributed by atoms with E-state index in [0.717, 1.165) is 19.3 Å². The lowest BCUT2D eigenvalue weighted by Gasteiger charge is -2.13. The van der Waals surface area contributed by atoms with Crippen LogP contribution in [0.15, 0.2) is 24.8 Å². The average molecular weight is 182 g/mol. The molecule has 1 unspecified atom stereocenters. The molecule has 2 heteroatoms. The van der Waals surface area contributed by atoms with E-state index >= 15 is 0 Å². The highest BCUT2D eigenvalue weighted by Crippen LogP contribution is 2.07. The molecular formula is C11H18O2. The largest absolute Gasteiger partial charge is 0.462 e. The van der Waals surface area contributed by atoms with E-state index in [0.29, 0.717) is 0 Å². The van der Waals surface area contributed by atoms with Crippen molar-refractivity contribution >= 4 is 5.97 Å². The molecule has 0 aromatic heterocycles. The minimum absolute atomic E-state index is 0.0266. The van der Waals surface area contributed by atoms with Crippen molar-refractivity contribution in [2.24, 2.45) is 0 Å². The zero-order valence-electron chi connectivity index (χ0n) is 8.45. The Balaban J connectivity index is 3.85. The molecule has 0 aromatic rings. The van der Waals surface area contributed by atoms with Crippen LogP contribution in [0.5, 0.6) is 0 Å². The van der Waals surface area contributed by atoms with Crippen LogP contribution in [-0.4, -0.2) is 12.1 Å². The zero-order valence-corrected chi connectivity index (χ0v) is 8.45. The van der Waals surface area contributed by atoms with Gasteiger partial charge in [-0.25, -0.2) is 0 Å². The van der Waals surface area contributed by atoms with Crippen molar-refractivity contribution in [2.45, 2.75) is 39.2 Å². The summed E-state index contributed by atoms with van der Waals surface area (Å²) in [6, 6.07) is 0. The van der Waals surface area contributed by atoms with Crippen LogP contribution in [0.2, 0.25) is 0 Å². The highest BCUT2D eigenvalue weighted by Gasteiger charge is 2.07. The molecule has 0 aliphatic carbocycles. The summed E-state index contributed by atoms with van der Waals surface area (Å²) in [5.41, 5.74) is 0. The van der Waals surface area contributed by atoms with Gasteiger partial charge >= 0.3 is 5.97 Å². The lowest BCUT2D eigenvalue weighted by molar-refractivity contribution is -0.146. The molecule has 0 saturated carbocycles. The second-order valence-electron chi connectivity index (χ2n) is 2.92. The minimum Gasteiger partial charge on any atom is -0.462 e. The van der Waals surface area contributed by atoms with E-state index in [9.17, 15) is 4.79 Å². The quantitative estimate of drug-likeness (QED) is 0.466. The third kappa shape index (κ3) is 7.32. The number of ether oxygens (including phenoxy) is 1. The summed E-state index contributed by atoms with van der Waals surface area (Å²) >= 11 is 0. The molecule has 74 valence electrons. The summed E-state index contributed by atoms with van der Waals surface area (Å²) < 4.78 is 5.11. The van der Waals surface area contributed by atoms with E-state index in [1.807, 2.05) is 12.2 Å². The van der Waals surface area contributed by atoms with E-state index in [1.54, 1.807) is 6.08 Å². The number of allylic oxidation sites excluding steroid dienone is 2. The molecule has 0 aliphatic heterocycles. The number of carbonyl (C=O) groups is 1. The topological polar surface area (TPSA) is 26.3 Å². The molecular weight excluding hydrogens is 164 g/mol. The Labute approximate surface area is 80.3 Å².